The van der Waals surface area contributed by atoms with Crippen molar-refractivity contribution in [2.45, 2.75) is 13.3 Å². The van der Waals surface area contributed by atoms with Crippen LogP contribution in [0, 0.1) is 0 Å². The maximum atomic E-state index is 5.88. The highest BCUT2D eigenvalue weighted by molar-refractivity contribution is 14.0. The van der Waals surface area contributed by atoms with Crippen molar-refractivity contribution in [1.82, 2.24) is 20.8 Å². The van der Waals surface area contributed by atoms with Gasteiger partial charge < -0.3 is 15.2 Å². The van der Waals surface area contributed by atoms with E-state index in [4.69, 9.17) is 16.1 Å². The van der Waals surface area contributed by atoms with E-state index in [0.717, 1.165) is 30.4 Å². The monoisotopic (exact) mass is 495 g/mol. The topological polar surface area (TPSA) is 75.3 Å². The Hall–Kier alpha value is -1.000. The van der Waals surface area contributed by atoms with Crippen LogP contribution in [0.2, 0.25) is 5.02 Å². The quantitative estimate of drug-likeness (QED) is 0.253. The lowest BCUT2D eigenvalue weighted by Gasteiger charge is -2.09. The van der Waals surface area contributed by atoms with Gasteiger partial charge in [0.2, 0.25) is 11.7 Å². The molecule has 2 N–H and O–H groups in total. The molecular formula is C16H23ClIN5OS. The van der Waals surface area contributed by atoms with Crippen molar-refractivity contribution in [2.24, 2.45) is 4.99 Å². The first-order chi connectivity index (χ1) is 11.7. The normalized spacial score (nSPS) is 11.1. The average molecular weight is 496 g/mol. The van der Waals surface area contributed by atoms with Crippen molar-refractivity contribution in [1.29, 1.82) is 0 Å². The van der Waals surface area contributed by atoms with Gasteiger partial charge in [-0.3, -0.25) is 4.99 Å². The Morgan fingerprint density at radius 1 is 1.28 bits per heavy atom. The minimum absolute atomic E-state index is 0. The Bertz CT molecular complexity index is 650. The molecule has 0 bridgehead atoms. The number of aromatic nitrogens is 2. The summed E-state index contributed by atoms with van der Waals surface area (Å²) >= 11 is 7.66. The van der Waals surface area contributed by atoms with Crippen LogP contribution in [0.1, 0.15) is 12.8 Å². The molecule has 2 rings (SSSR count). The van der Waals surface area contributed by atoms with Gasteiger partial charge in [0.15, 0.2) is 5.96 Å². The molecule has 0 aliphatic heterocycles. The summed E-state index contributed by atoms with van der Waals surface area (Å²) in [6.45, 7) is 4.33. The highest BCUT2D eigenvalue weighted by atomic mass is 127. The number of guanidine groups is 1. The van der Waals surface area contributed by atoms with E-state index in [1.807, 2.05) is 31.2 Å². The van der Waals surface area contributed by atoms with Crippen LogP contribution >= 0.6 is 47.3 Å². The molecule has 25 heavy (non-hydrogen) atoms. The molecule has 1 aromatic heterocycles. The molecule has 9 heteroatoms. The average Bonchev–Trinajstić information content (AvgIpc) is 3.04. The second kappa shape index (κ2) is 12.4. The molecule has 0 unspecified atom stereocenters. The number of rotatable bonds is 8. The van der Waals surface area contributed by atoms with E-state index >= 15 is 0 Å². The third kappa shape index (κ3) is 7.83. The Labute approximate surface area is 174 Å². The number of hydrogen-bond donors (Lipinski definition) is 2. The standard InChI is InChI=1S/C16H22ClN5OS.HI/c1-3-18-16(20-10-11-24-2)19-9-8-14-21-15(22-23-14)12-4-6-13(17)7-5-12;/h4-7H,3,8-11H2,1-2H3,(H2,18,19,20);1H. The molecule has 0 aliphatic rings. The van der Waals surface area contributed by atoms with Gasteiger partial charge in [0.1, 0.15) is 0 Å². The minimum atomic E-state index is 0. The van der Waals surface area contributed by atoms with Crippen molar-refractivity contribution in [3.63, 3.8) is 0 Å². The molecule has 0 radical (unpaired) electrons. The van der Waals surface area contributed by atoms with Crippen LogP contribution in [0.3, 0.4) is 0 Å². The SMILES string of the molecule is CCNC(=NCCSC)NCCc1nc(-c2ccc(Cl)cc2)no1.I. The molecule has 0 atom stereocenters. The van der Waals surface area contributed by atoms with Crippen LogP contribution in [0.15, 0.2) is 33.8 Å². The van der Waals surface area contributed by atoms with Gasteiger partial charge in [-0.05, 0) is 37.4 Å². The summed E-state index contributed by atoms with van der Waals surface area (Å²) in [5.74, 6) is 2.98. The Balaban J connectivity index is 0.00000312. The van der Waals surface area contributed by atoms with Crippen LogP contribution < -0.4 is 10.6 Å². The number of nitrogens with one attached hydrogen (secondary N) is 2. The number of hydrogen-bond acceptors (Lipinski definition) is 5. The molecule has 0 aliphatic carbocycles. The van der Waals surface area contributed by atoms with Crippen molar-refractivity contribution in [2.75, 3.05) is 31.6 Å². The molecule has 138 valence electrons. The predicted molar refractivity (Wildman–Crippen MR) is 116 cm³/mol. The lowest BCUT2D eigenvalue weighted by molar-refractivity contribution is 0.378. The first kappa shape index (κ1) is 22.0. The van der Waals surface area contributed by atoms with E-state index in [1.165, 1.54) is 0 Å². The Morgan fingerprint density at radius 2 is 2.04 bits per heavy atom. The number of aliphatic imine (C=N–C) groups is 1. The van der Waals surface area contributed by atoms with E-state index in [9.17, 15) is 0 Å². The fourth-order valence-corrected chi connectivity index (χ4v) is 2.35. The number of thioether (sulfide) groups is 1. The molecule has 0 spiro atoms. The molecular weight excluding hydrogens is 473 g/mol. The molecule has 1 heterocycles. The molecule has 6 nitrogen and oxygen atoms in total. The lowest BCUT2D eigenvalue weighted by Crippen LogP contribution is -2.38. The van der Waals surface area contributed by atoms with Crippen molar-refractivity contribution in [3.05, 3.63) is 35.2 Å². The first-order valence-corrected chi connectivity index (χ1v) is 9.59. The zero-order valence-corrected chi connectivity index (χ0v) is 18.2. The summed E-state index contributed by atoms with van der Waals surface area (Å²) in [5.41, 5.74) is 0.884. The van der Waals surface area contributed by atoms with Gasteiger partial charge >= 0.3 is 0 Å². The maximum absolute atomic E-state index is 5.88. The van der Waals surface area contributed by atoms with Gasteiger partial charge in [-0.1, -0.05) is 16.8 Å². The summed E-state index contributed by atoms with van der Waals surface area (Å²) < 4.78 is 5.29. The largest absolute Gasteiger partial charge is 0.357 e. The fraction of sp³-hybridized carbons (Fsp3) is 0.438. The molecule has 2 aromatic rings. The van der Waals surface area contributed by atoms with Gasteiger partial charge in [0.05, 0.1) is 6.54 Å². The van der Waals surface area contributed by atoms with E-state index in [1.54, 1.807) is 11.8 Å². The number of nitrogens with zero attached hydrogens (tertiary/aromatic N) is 3. The van der Waals surface area contributed by atoms with Gasteiger partial charge in [-0.15, -0.1) is 24.0 Å². The molecule has 0 saturated carbocycles. The van der Waals surface area contributed by atoms with Crippen LogP contribution in [0.5, 0.6) is 0 Å². The van der Waals surface area contributed by atoms with Crippen LogP contribution in [-0.2, 0) is 6.42 Å². The molecule has 1 aromatic carbocycles. The number of benzene rings is 1. The Morgan fingerprint density at radius 3 is 2.72 bits per heavy atom. The van der Waals surface area contributed by atoms with Crippen molar-refractivity contribution < 1.29 is 4.52 Å². The zero-order valence-electron chi connectivity index (χ0n) is 14.3. The summed E-state index contributed by atoms with van der Waals surface area (Å²) in [7, 11) is 0. The lowest BCUT2D eigenvalue weighted by atomic mass is 10.2. The van der Waals surface area contributed by atoms with Gasteiger partial charge in [-0.25, -0.2) is 0 Å². The van der Waals surface area contributed by atoms with Crippen LogP contribution in [0.25, 0.3) is 11.4 Å². The van der Waals surface area contributed by atoms with E-state index in [0.29, 0.717) is 29.7 Å². The molecule has 0 fully saturated rings. The fourth-order valence-electron chi connectivity index (χ4n) is 1.95. The first-order valence-electron chi connectivity index (χ1n) is 7.82. The van der Waals surface area contributed by atoms with Crippen LogP contribution in [-0.4, -0.2) is 47.7 Å². The highest BCUT2D eigenvalue weighted by Gasteiger charge is 2.08. The summed E-state index contributed by atoms with van der Waals surface area (Å²) in [4.78, 5) is 8.89. The van der Waals surface area contributed by atoms with Gasteiger partial charge in [-0.2, -0.15) is 16.7 Å². The second-order valence-electron chi connectivity index (χ2n) is 4.95. The summed E-state index contributed by atoms with van der Waals surface area (Å²) in [5, 5.41) is 11.2. The predicted octanol–water partition coefficient (Wildman–Crippen LogP) is 3.47. The smallest absolute Gasteiger partial charge is 0.228 e. The van der Waals surface area contributed by atoms with Crippen molar-refractivity contribution >= 4 is 53.3 Å². The van der Waals surface area contributed by atoms with Gasteiger partial charge in [0, 0.05) is 35.8 Å². The Kier molecular flexibility index (Phi) is 10.9. The molecule has 0 amide bonds. The van der Waals surface area contributed by atoms with E-state index in [2.05, 4.69) is 32.0 Å². The van der Waals surface area contributed by atoms with Crippen LogP contribution in [0.4, 0.5) is 0 Å². The van der Waals surface area contributed by atoms with Gasteiger partial charge in [0.25, 0.3) is 0 Å². The highest BCUT2D eigenvalue weighted by Crippen LogP contribution is 2.18. The molecule has 0 saturated heterocycles. The van der Waals surface area contributed by atoms with E-state index < -0.39 is 0 Å². The number of halogens is 2. The third-order valence-electron chi connectivity index (χ3n) is 3.11. The second-order valence-corrected chi connectivity index (χ2v) is 6.37. The minimum Gasteiger partial charge on any atom is -0.357 e. The maximum Gasteiger partial charge on any atom is 0.228 e. The van der Waals surface area contributed by atoms with E-state index in [-0.39, 0.29) is 24.0 Å². The third-order valence-corrected chi connectivity index (χ3v) is 3.95. The van der Waals surface area contributed by atoms with Crippen molar-refractivity contribution in [3.8, 4) is 11.4 Å². The summed E-state index contributed by atoms with van der Waals surface area (Å²) in [6, 6.07) is 7.36. The summed E-state index contributed by atoms with van der Waals surface area (Å²) in [6.07, 6.45) is 2.71. The zero-order chi connectivity index (χ0) is 17.2.